The summed E-state index contributed by atoms with van der Waals surface area (Å²) in [7, 11) is -1.85. The normalized spacial score (nSPS) is 12.8. The van der Waals surface area contributed by atoms with Crippen LogP contribution in [0.1, 0.15) is 26.0 Å². The zero-order valence-corrected chi connectivity index (χ0v) is 14.3. The Kier molecular flexibility index (Phi) is 5.89. The maximum atomic E-state index is 11.5. The third kappa shape index (κ3) is 4.34. The van der Waals surface area contributed by atoms with E-state index in [0.29, 0.717) is 12.8 Å². The van der Waals surface area contributed by atoms with Crippen LogP contribution in [0.15, 0.2) is 4.90 Å². The third-order valence-electron chi connectivity index (χ3n) is 2.70. The summed E-state index contributed by atoms with van der Waals surface area (Å²) >= 11 is 5.96. The minimum atomic E-state index is -4.02. The van der Waals surface area contributed by atoms with Gasteiger partial charge in [0.25, 0.3) is 9.05 Å². The molecule has 1 rings (SSSR count). The van der Waals surface area contributed by atoms with Crippen LogP contribution in [-0.4, -0.2) is 38.1 Å². The van der Waals surface area contributed by atoms with Crippen LogP contribution in [0.4, 0.5) is 0 Å². The molecule has 1 heterocycles. The SMILES string of the molecule is CCCc1nn(CCS(=O)(=O)CC)c(Cl)c1S(=O)(=O)Cl. The zero-order chi connectivity index (χ0) is 15.6. The molecule has 0 atom stereocenters. The van der Waals surface area contributed by atoms with Crippen molar-refractivity contribution < 1.29 is 16.8 Å². The summed E-state index contributed by atoms with van der Waals surface area (Å²) in [5.41, 5.74) is 0.265. The van der Waals surface area contributed by atoms with E-state index in [2.05, 4.69) is 5.10 Å². The first-order chi connectivity index (χ1) is 9.12. The molecule has 1 aromatic rings. The predicted molar refractivity (Wildman–Crippen MR) is 78.6 cm³/mol. The number of halogens is 2. The van der Waals surface area contributed by atoms with Gasteiger partial charge in [0, 0.05) is 16.4 Å². The van der Waals surface area contributed by atoms with Gasteiger partial charge in [0.2, 0.25) is 0 Å². The number of aromatic nitrogens is 2. The van der Waals surface area contributed by atoms with Gasteiger partial charge in [0.1, 0.15) is 10.0 Å². The van der Waals surface area contributed by atoms with Crippen molar-refractivity contribution in [3.63, 3.8) is 0 Å². The van der Waals surface area contributed by atoms with E-state index in [1.54, 1.807) is 0 Å². The second-order valence-electron chi connectivity index (χ2n) is 4.21. The van der Waals surface area contributed by atoms with Crippen LogP contribution < -0.4 is 0 Å². The molecule has 0 aliphatic heterocycles. The summed E-state index contributed by atoms with van der Waals surface area (Å²) in [6.07, 6.45) is 1.06. The molecule has 0 aliphatic carbocycles. The summed E-state index contributed by atoms with van der Waals surface area (Å²) < 4.78 is 47.2. The minimum absolute atomic E-state index is 0.00186. The van der Waals surface area contributed by atoms with E-state index < -0.39 is 18.9 Å². The predicted octanol–water partition coefficient (Wildman–Crippen LogP) is 1.85. The van der Waals surface area contributed by atoms with Crippen LogP contribution in [0.25, 0.3) is 0 Å². The lowest BCUT2D eigenvalue weighted by Crippen LogP contribution is -2.15. The molecule has 1 aromatic heterocycles. The van der Waals surface area contributed by atoms with Crippen molar-refractivity contribution in [2.24, 2.45) is 0 Å². The molecule has 0 amide bonds. The maximum absolute atomic E-state index is 11.5. The molecule has 0 spiro atoms. The van der Waals surface area contributed by atoms with Gasteiger partial charge in [-0.3, -0.25) is 4.68 Å². The van der Waals surface area contributed by atoms with E-state index in [9.17, 15) is 16.8 Å². The van der Waals surface area contributed by atoms with Gasteiger partial charge in [-0.2, -0.15) is 5.10 Å². The van der Waals surface area contributed by atoms with Gasteiger partial charge in [0.05, 0.1) is 18.0 Å². The van der Waals surface area contributed by atoms with Crippen LogP contribution in [0, 0.1) is 0 Å². The molecular formula is C10H16Cl2N2O4S2. The fourth-order valence-electron chi connectivity index (χ4n) is 1.63. The number of nitrogens with zero attached hydrogens (tertiary/aromatic N) is 2. The second-order valence-corrected chi connectivity index (χ2v) is 9.55. The fraction of sp³-hybridized carbons (Fsp3) is 0.700. The number of hydrogen-bond acceptors (Lipinski definition) is 5. The van der Waals surface area contributed by atoms with Crippen molar-refractivity contribution in [1.82, 2.24) is 9.78 Å². The molecule has 0 aliphatic rings. The van der Waals surface area contributed by atoms with Crippen LogP contribution in [0.2, 0.25) is 5.15 Å². The Balaban J connectivity index is 3.17. The Morgan fingerprint density at radius 1 is 1.20 bits per heavy atom. The van der Waals surface area contributed by atoms with Gasteiger partial charge in [-0.15, -0.1) is 0 Å². The Morgan fingerprint density at radius 3 is 2.25 bits per heavy atom. The Labute approximate surface area is 128 Å². The summed E-state index contributed by atoms with van der Waals surface area (Å²) in [6, 6.07) is 0. The molecule has 0 bridgehead atoms. The van der Waals surface area contributed by atoms with Gasteiger partial charge in [0.15, 0.2) is 9.84 Å². The first kappa shape index (κ1) is 17.7. The Morgan fingerprint density at radius 2 is 1.80 bits per heavy atom. The number of aryl methyl sites for hydroxylation is 2. The lowest BCUT2D eigenvalue weighted by Gasteiger charge is -2.03. The van der Waals surface area contributed by atoms with Crippen molar-refractivity contribution in [3.05, 3.63) is 10.8 Å². The van der Waals surface area contributed by atoms with E-state index in [1.165, 1.54) is 11.6 Å². The molecule has 0 unspecified atom stereocenters. The van der Waals surface area contributed by atoms with Crippen molar-refractivity contribution in [2.45, 2.75) is 38.1 Å². The van der Waals surface area contributed by atoms with Gasteiger partial charge < -0.3 is 0 Å². The molecule has 0 radical (unpaired) electrons. The molecule has 116 valence electrons. The smallest absolute Gasteiger partial charge is 0.251 e. The van der Waals surface area contributed by atoms with Crippen LogP contribution in [0.5, 0.6) is 0 Å². The number of hydrogen-bond donors (Lipinski definition) is 0. The monoisotopic (exact) mass is 362 g/mol. The first-order valence-corrected chi connectivity index (χ1v) is 10.5. The number of rotatable bonds is 7. The zero-order valence-electron chi connectivity index (χ0n) is 11.1. The highest BCUT2D eigenvalue weighted by Crippen LogP contribution is 2.29. The van der Waals surface area contributed by atoms with Crippen molar-refractivity contribution in [1.29, 1.82) is 0 Å². The van der Waals surface area contributed by atoms with Crippen molar-refractivity contribution in [2.75, 3.05) is 11.5 Å². The highest BCUT2D eigenvalue weighted by molar-refractivity contribution is 8.13. The molecule has 0 saturated heterocycles. The average molecular weight is 363 g/mol. The molecule has 0 fully saturated rings. The molecule has 0 aromatic carbocycles. The van der Waals surface area contributed by atoms with E-state index >= 15 is 0 Å². The van der Waals surface area contributed by atoms with Gasteiger partial charge in [-0.05, 0) is 6.42 Å². The third-order valence-corrected chi connectivity index (χ3v) is 6.26. The topological polar surface area (TPSA) is 86.1 Å². The lowest BCUT2D eigenvalue weighted by molar-refractivity contribution is 0.580. The summed E-state index contributed by atoms with van der Waals surface area (Å²) in [4.78, 5) is -0.225. The standard InChI is InChI=1S/C10H16Cl2N2O4S2/c1-3-5-8-9(20(12,17)18)10(11)14(13-8)6-7-19(15,16)4-2/h3-7H2,1-2H3. The molecule has 6 nitrogen and oxygen atoms in total. The largest absolute Gasteiger partial charge is 0.266 e. The second kappa shape index (κ2) is 6.64. The first-order valence-electron chi connectivity index (χ1n) is 6.02. The van der Waals surface area contributed by atoms with Crippen LogP contribution in [0.3, 0.4) is 0 Å². The summed E-state index contributed by atoms with van der Waals surface area (Å²) in [5.74, 6) is -0.146. The van der Waals surface area contributed by atoms with Crippen molar-refractivity contribution in [3.8, 4) is 0 Å². The maximum Gasteiger partial charge on any atom is 0.266 e. The fourth-order valence-corrected chi connectivity index (χ4v) is 4.24. The Hall–Kier alpha value is -0.310. The van der Waals surface area contributed by atoms with E-state index in [0.717, 1.165) is 0 Å². The molecule has 20 heavy (non-hydrogen) atoms. The van der Waals surface area contributed by atoms with E-state index in [1.807, 2.05) is 6.92 Å². The highest BCUT2D eigenvalue weighted by atomic mass is 35.7. The average Bonchev–Trinajstić information content (AvgIpc) is 2.63. The van der Waals surface area contributed by atoms with Gasteiger partial charge >= 0.3 is 0 Å². The van der Waals surface area contributed by atoms with Gasteiger partial charge in [-0.25, -0.2) is 16.8 Å². The van der Waals surface area contributed by atoms with E-state index in [4.69, 9.17) is 22.3 Å². The molecular weight excluding hydrogens is 347 g/mol. The van der Waals surface area contributed by atoms with Crippen molar-refractivity contribution >= 4 is 41.2 Å². The summed E-state index contributed by atoms with van der Waals surface area (Å²) in [5, 5.41) is 3.92. The summed E-state index contributed by atoms with van der Waals surface area (Å²) in [6.45, 7) is 3.40. The number of sulfone groups is 1. The van der Waals surface area contributed by atoms with Gasteiger partial charge in [-0.1, -0.05) is 31.9 Å². The van der Waals surface area contributed by atoms with Crippen LogP contribution >= 0.6 is 22.3 Å². The molecule has 0 N–H and O–H groups in total. The molecule has 0 saturated carbocycles. The highest BCUT2D eigenvalue weighted by Gasteiger charge is 2.26. The lowest BCUT2D eigenvalue weighted by atomic mass is 10.2. The quantitative estimate of drug-likeness (QED) is 0.690. The van der Waals surface area contributed by atoms with E-state index in [-0.39, 0.29) is 33.8 Å². The minimum Gasteiger partial charge on any atom is -0.251 e. The Bertz CT molecular complexity index is 680. The molecule has 10 heteroatoms. The van der Waals surface area contributed by atoms with Crippen LogP contribution in [-0.2, 0) is 31.9 Å².